The molecule has 0 atom stereocenters. The van der Waals surface area contributed by atoms with E-state index in [1.54, 1.807) is 0 Å². The third kappa shape index (κ3) is 4.40. The first-order valence-corrected chi connectivity index (χ1v) is 11.9. The highest BCUT2D eigenvalue weighted by molar-refractivity contribution is 6.00. The van der Waals surface area contributed by atoms with Gasteiger partial charge in [-0.2, -0.15) is 0 Å². The number of anilines is 3. The third-order valence-corrected chi connectivity index (χ3v) is 6.88. The van der Waals surface area contributed by atoms with Crippen molar-refractivity contribution >= 4 is 34.1 Å². The molecular formula is C27H27N7O. The van der Waals surface area contributed by atoms with E-state index >= 15 is 0 Å². The first kappa shape index (κ1) is 21.5. The minimum absolute atomic E-state index is 0.111. The summed E-state index contributed by atoms with van der Waals surface area (Å²) in [5.74, 6) is 0.790. The molecule has 35 heavy (non-hydrogen) atoms. The van der Waals surface area contributed by atoms with Gasteiger partial charge >= 0.3 is 0 Å². The van der Waals surface area contributed by atoms with Crippen molar-refractivity contribution in [2.75, 3.05) is 41.3 Å². The lowest BCUT2D eigenvalue weighted by atomic mass is 10.0. The normalized spacial score (nSPS) is 16.8. The molecule has 8 nitrogen and oxygen atoms in total. The first-order chi connectivity index (χ1) is 17.1. The summed E-state index contributed by atoms with van der Waals surface area (Å²) in [6, 6.07) is 18.1. The molecule has 0 radical (unpaired) electrons. The molecule has 1 aliphatic heterocycles. The number of nitrogens with one attached hydrogen (secondary N) is 1. The summed E-state index contributed by atoms with van der Waals surface area (Å²) < 4.78 is 0. The topological polar surface area (TPSA) is 100 Å². The van der Waals surface area contributed by atoms with Crippen LogP contribution in [0.2, 0.25) is 0 Å². The van der Waals surface area contributed by atoms with Gasteiger partial charge in [0, 0.05) is 49.9 Å². The summed E-state index contributed by atoms with van der Waals surface area (Å²) in [6.07, 6.45) is 7.03. The van der Waals surface area contributed by atoms with Crippen LogP contribution in [0.5, 0.6) is 0 Å². The number of amides is 1. The van der Waals surface area contributed by atoms with Crippen LogP contribution in [-0.2, 0) is 4.79 Å². The van der Waals surface area contributed by atoms with Gasteiger partial charge in [0.2, 0.25) is 5.91 Å². The van der Waals surface area contributed by atoms with E-state index in [4.69, 9.17) is 10.7 Å². The fraction of sp³-hybridized carbons (Fsp3) is 0.259. The monoisotopic (exact) mass is 465 g/mol. The fourth-order valence-corrected chi connectivity index (χ4v) is 4.45. The fourth-order valence-electron chi connectivity index (χ4n) is 4.45. The summed E-state index contributed by atoms with van der Waals surface area (Å²) in [6.45, 7) is 3.63. The zero-order valence-electron chi connectivity index (χ0n) is 19.4. The molecule has 0 bridgehead atoms. The Morgan fingerprint density at radius 1 is 0.857 bits per heavy atom. The van der Waals surface area contributed by atoms with Crippen LogP contribution in [0.3, 0.4) is 0 Å². The van der Waals surface area contributed by atoms with E-state index in [0.29, 0.717) is 0 Å². The molecule has 8 heteroatoms. The van der Waals surface area contributed by atoms with E-state index in [-0.39, 0.29) is 5.91 Å². The highest BCUT2D eigenvalue weighted by Gasteiger charge is 2.45. The van der Waals surface area contributed by atoms with Crippen molar-refractivity contribution < 1.29 is 4.79 Å². The molecule has 2 aliphatic rings. The number of hydrogen-bond donors (Lipinski definition) is 2. The standard InChI is InChI=1S/C27H27N7O/c28-27(9-10-27)26(35)31-21-4-1-19(2-5-21)20-3-6-23-24(17-20)32-25(18-30-23)34-15-13-33(14-16-34)22-7-11-29-12-8-22/h1-8,11-12,17-18H,9-10,13-16,28H2,(H,31,35). The van der Waals surface area contributed by atoms with Gasteiger partial charge in [0.05, 0.1) is 22.8 Å². The predicted octanol–water partition coefficient (Wildman–Crippen LogP) is 3.45. The largest absolute Gasteiger partial charge is 0.368 e. The van der Waals surface area contributed by atoms with Gasteiger partial charge in [-0.15, -0.1) is 0 Å². The second-order valence-corrected chi connectivity index (χ2v) is 9.30. The molecule has 6 rings (SSSR count). The molecule has 0 spiro atoms. The lowest BCUT2D eigenvalue weighted by Crippen LogP contribution is -2.46. The van der Waals surface area contributed by atoms with E-state index in [1.807, 2.05) is 48.9 Å². The van der Waals surface area contributed by atoms with Crippen LogP contribution in [0, 0.1) is 0 Å². The summed E-state index contributed by atoms with van der Waals surface area (Å²) in [7, 11) is 0. The predicted molar refractivity (Wildman–Crippen MR) is 138 cm³/mol. The van der Waals surface area contributed by atoms with E-state index in [2.05, 4.69) is 49.4 Å². The molecule has 2 fully saturated rings. The van der Waals surface area contributed by atoms with Crippen LogP contribution >= 0.6 is 0 Å². The van der Waals surface area contributed by atoms with Gasteiger partial charge in [-0.05, 0) is 60.4 Å². The first-order valence-electron chi connectivity index (χ1n) is 11.9. The molecule has 1 saturated carbocycles. The number of aromatic nitrogens is 3. The Morgan fingerprint density at radius 3 is 2.26 bits per heavy atom. The maximum Gasteiger partial charge on any atom is 0.244 e. The molecule has 3 heterocycles. The number of piperazine rings is 1. The Bertz CT molecular complexity index is 1360. The molecule has 176 valence electrons. The molecule has 2 aromatic heterocycles. The van der Waals surface area contributed by atoms with Crippen molar-refractivity contribution in [1.29, 1.82) is 0 Å². The summed E-state index contributed by atoms with van der Waals surface area (Å²) in [5, 5.41) is 2.91. The summed E-state index contributed by atoms with van der Waals surface area (Å²) in [5.41, 5.74) is 11.1. The summed E-state index contributed by atoms with van der Waals surface area (Å²) in [4.78, 5) is 30.6. The van der Waals surface area contributed by atoms with Gasteiger partial charge in [0.1, 0.15) is 5.82 Å². The highest BCUT2D eigenvalue weighted by Crippen LogP contribution is 2.33. The second-order valence-electron chi connectivity index (χ2n) is 9.30. The van der Waals surface area contributed by atoms with Crippen LogP contribution in [-0.4, -0.2) is 52.6 Å². The van der Waals surface area contributed by atoms with Gasteiger partial charge in [-0.3, -0.25) is 14.8 Å². The van der Waals surface area contributed by atoms with E-state index in [9.17, 15) is 4.79 Å². The van der Waals surface area contributed by atoms with Crippen molar-refractivity contribution in [3.63, 3.8) is 0 Å². The molecule has 1 amide bonds. The number of benzene rings is 2. The average Bonchev–Trinajstić information content (AvgIpc) is 3.68. The Morgan fingerprint density at radius 2 is 1.54 bits per heavy atom. The molecule has 3 N–H and O–H groups in total. The van der Waals surface area contributed by atoms with E-state index < -0.39 is 5.54 Å². The SMILES string of the molecule is NC1(C(=O)Nc2ccc(-c3ccc4ncc(N5CCN(c6ccncc6)CC5)nc4c3)cc2)CC1. The van der Waals surface area contributed by atoms with Crippen LogP contribution in [0.4, 0.5) is 17.2 Å². The number of carbonyl (C=O) groups excluding carboxylic acids is 1. The maximum atomic E-state index is 12.2. The minimum atomic E-state index is -0.681. The molecule has 4 aromatic rings. The van der Waals surface area contributed by atoms with Crippen molar-refractivity contribution in [2.45, 2.75) is 18.4 Å². The molecule has 1 aliphatic carbocycles. The van der Waals surface area contributed by atoms with Crippen LogP contribution in [0.1, 0.15) is 12.8 Å². The Balaban J connectivity index is 1.17. The molecular weight excluding hydrogens is 438 g/mol. The van der Waals surface area contributed by atoms with Crippen LogP contribution in [0.25, 0.3) is 22.2 Å². The van der Waals surface area contributed by atoms with Gasteiger partial charge in [0.15, 0.2) is 0 Å². The highest BCUT2D eigenvalue weighted by atomic mass is 16.2. The number of carbonyl (C=O) groups is 1. The number of nitrogens with two attached hydrogens (primary N) is 1. The van der Waals surface area contributed by atoms with E-state index in [0.717, 1.165) is 72.7 Å². The maximum absolute atomic E-state index is 12.2. The second kappa shape index (κ2) is 8.63. The smallest absolute Gasteiger partial charge is 0.244 e. The zero-order valence-corrected chi connectivity index (χ0v) is 19.4. The molecule has 0 unspecified atom stereocenters. The quantitative estimate of drug-likeness (QED) is 0.466. The number of pyridine rings is 1. The lowest BCUT2D eigenvalue weighted by molar-refractivity contribution is -0.118. The average molecular weight is 466 g/mol. The third-order valence-electron chi connectivity index (χ3n) is 6.88. The van der Waals surface area contributed by atoms with Crippen molar-refractivity contribution in [3.05, 3.63) is 73.2 Å². The van der Waals surface area contributed by atoms with Crippen LogP contribution < -0.4 is 20.9 Å². The van der Waals surface area contributed by atoms with Crippen molar-refractivity contribution in [3.8, 4) is 11.1 Å². The van der Waals surface area contributed by atoms with Gasteiger partial charge in [-0.1, -0.05) is 18.2 Å². The Hall–Kier alpha value is -4.04. The Kier molecular flexibility index (Phi) is 5.30. The zero-order chi connectivity index (χ0) is 23.8. The van der Waals surface area contributed by atoms with Gasteiger partial charge < -0.3 is 20.9 Å². The molecule has 1 saturated heterocycles. The minimum Gasteiger partial charge on any atom is -0.368 e. The number of nitrogens with zero attached hydrogens (tertiary/aromatic N) is 5. The van der Waals surface area contributed by atoms with Gasteiger partial charge in [-0.25, -0.2) is 4.98 Å². The van der Waals surface area contributed by atoms with E-state index in [1.165, 1.54) is 5.69 Å². The van der Waals surface area contributed by atoms with Gasteiger partial charge in [0.25, 0.3) is 0 Å². The lowest BCUT2D eigenvalue weighted by Gasteiger charge is -2.36. The van der Waals surface area contributed by atoms with Crippen molar-refractivity contribution in [1.82, 2.24) is 15.0 Å². The van der Waals surface area contributed by atoms with Crippen molar-refractivity contribution in [2.24, 2.45) is 5.73 Å². The van der Waals surface area contributed by atoms with Crippen LogP contribution in [0.15, 0.2) is 73.2 Å². The number of hydrogen-bond acceptors (Lipinski definition) is 7. The summed E-state index contributed by atoms with van der Waals surface area (Å²) >= 11 is 0. The number of rotatable bonds is 5. The molecule has 2 aromatic carbocycles. The Labute approximate surface area is 203 Å². The number of fused-ring (bicyclic) bond motifs is 1.